The Bertz CT molecular complexity index is 337. The van der Waals surface area contributed by atoms with Gasteiger partial charge in [-0.2, -0.15) is 0 Å². The lowest BCUT2D eigenvalue weighted by Gasteiger charge is -1.95. The lowest BCUT2D eigenvalue weighted by Crippen LogP contribution is -1.94. The molecule has 15 heavy (non-hydrogen) atoms. The van der Waals surface area contributed by atoms with Crippen LogP contribution in [0.15, 0.2) is 29.3 Å². The van der Waals surface area contributed by atoms with E-state index < -0.39 is 5.29 Å². The van der Waals surface area contributed by atoms with Crippen molar-refractivity contribution in [1.29, 1.82) is 5.41 Å². The van der Waals surface area contributed by atoms with Gasteiger partial charge in [0.15, 0.2) is 0 Å². The number of nitrogens with one attached hydrogen (secondary N) is 1. The molecule has 0 radical (unpaired) electrons. The fourth-order valence-corrected chi connectivity index (χ4v) is 1.39. The molecule has 0 fully saturated rings. The minimum Gasteiger partial charge on any atom is -0.282 e. The molecule has 1 N–H and O–H groups in total. The van der Waals surface area contributed by atoms with Crippen molar-refractivity contribution in [1.82, 2.24) is 0 Å². The molecule has 0 atom stereocenters. The van der Waals surface area contributed by atoms with Crippen LogP contribution in [0.25, 0.3) is 0 Å². The largest absolute Gasteiger partial charge is 0.282 e. The van der Waals surface area contributed by atoms with Crippen molar-refractivity contribution in [3.63, 3.8) is 0 Å². The van der Waals surface area contributed by atoms with Crippen molar-refractivity contribution in [2.75, 3.05) is 5.75 Å². The van der Waals surface area contributed by atoms with Crippen LogP contribution in [-0.2, 0) is 4.79 Å². The summed E-state index contributed by atoms with van der Waals surface area (Å²) in [5, 5.41) is 6.34. The monoisotopic (exact) mass is 264 g/mol. The first kappa shape index (κ1) is 14.4. The standard InChI is InChI=1S/C9H10Cl2N2OS/c1-3-15-8(14)6(2)4-5-7(10)13-9(11)12/h4-5,12H,2-3H2,1H3/b5-4+,12-9?,13-7?. The second-order valence-corrected chi connectivity index (χ2v) is 4.29. The molecule has 0 aliphatic carbocycles. The first-order chi connectivity index (χ1) is 6.97. The average molecular weight is 265 g/mol. The van der Waals surface area contributed by atoms with E-state index in [1.54, 1.807) is 0 Å². The molecular weight excluding hydrogens is 255 g/mol. The number of carbonyl (C=O) groups excluding carboxylic acids is 1. The Labute approximate surface area is 103 Å². The van der Waals surface area contributed by atoms with Gasteiger partial charge in [-0.25, -0.2) is 4.99 Å². The summed E-state index contributed by atoms with van der Waals surface area (Å²) in [6.07, 6.45) is 2.81. The van der Waals surface area contributed by atoms with Gasteiger partial charge in [-0.1, -0.05) is 36.9 Å². The zero-order valence-corrected chi connectivity index (χ0v) is 10.4. The van der Waals surface area contributed by atoms with Crippen molar-refractivity contribution >= 4 is 50.5 Å². The van der Waals surface area contributed by atoms with Gasteiger partial charge in [0.2, 0.25) is 10.4 Å². The Morgan fingerprint density at radius 1 is 1.53 bits per heavy atom. The van der Waals surface area contributed by atoms with E-state index in [0.29, 0.717) is 11.3 Å². The minimum absolute atomic E-state index is 0.0328. The number of hydrogen-bond acceptors (Lipinski definition) is 3. The molecule has 0 spiro atoms. The van der Waals surface area contributed by atoms with Gasteiger partial charge in [0.25, 0.3) is 0 Å². The normalized spacial score (nSPS) is 11.8. The van der Waals surface area contributed by atoms with Crippen molar-refractivity contribution in [2.24, 2.45) is 4.99 Å². The number of carbonyl (C=O) groups is 1. The van der Waals surface area contributed by atoms with Gasteiger partial charge in [0.1, 0.15) is 5.17 Å². The highest BCUT2D eigenvalue weighted by molar-refractivity contribution is 8.14. The molecule has 0 saturated carbocycles. The number of halogens is 2. The van der Waals surface area contributed by atoms with E-state index in [9.17, 15) is 4.79 Å². The summed E-state index contributed by atoms with van der Waals surface area (Å²) in [5.74, 6) is 0.694. The highest BCUT2D eigenvalue weighted by Gasteiger charge is 2.02. The predicted octanol–water partition coefficient (Wildman–Crippen LogP) is 3.19. The number of aliphatic imine (C=N–C) groups is 1. The average Bonchev–Trinajstić information content (AvgIpc) is 2.13. The Hall–Kier alpha value is -0.580. The van der Waals surface area contributed by atoms with E-state index in [1.807, 2.05) is 6.92 Å². The molecule has 0 rings (SSSR count). The maximum atomic E-state index is 11.2. The molecule has 0 amide bonds. The highest BCUT2D eigenvalue weighted by Crippen LogP contribution is 2.09. The summed E-state index contributed by atoms with van der Waals surface area (Å²) in [7, 11) is 0. The summed E-state index contributed by atoms with van der Waals surface area (Å²) in [4.78, 5) is 14.7. The molecular formula is C9H10Cl2N2OS. The van der Waals surface area contributed by atoms with Gasteiger partial charge in [-0.3, -0.25) is 10.2 Å². The zero-order chi connectivity index (χ0) is 11.8. The summed E-state index contributed by atoms with van der Waals surface area (Å²) in [5.41, 5.74) is 0.330. The number of nitrogens with zero attached hydrogens (tertiary/aromatic N) is 1. The lowest BCUT2D eigenvalue weighted by molar-refractivity contribution is -0.107. The number of rotatable bonds is 4. The molecule has 0 bridgehead atoms. The topological polar surface area (TPSA) is 53.3 Å². The van der Waals surface area contributed by atoms with E-state index in [4.69, 9.17) is 28.6 Å². The number of hydrogen-bond donors (Lipinski definition) is 1. The second-order valence-electron chi connectivity index (χ2n) is 2.30. The van der Waals surface area contributed by atoms with Crippen LogP contribution in [0.2, 0.25) is 0 Å². The van der Waals surface area contributed by atoms with E-state index in [-0.39, 0.29) is 10.3 Å². The Balaban J connectivity index is 4.35. The van der Waals surface area contributed by atoms with Crippen LogP contribution < -0.4 is 0 Å². The molecule has 0 saturated heterocycles. The van der Waals surface area contributed by atoms with Gasteiger partial charge in [-0.05, 0) is 29.5 Å². The van der Waals surface area contributed by atoms with Crippen LogP contribution in [0, 0.1) is 5.41 Å². The third kappa shape index (κ3) is 7.36. The van der Waals surface area contributed by atoms with Crippen molar-refractivity contribution < 1.29 is 4.79 Å². The molecule has 0 aromatic carbocycles. The fourth-order valence-electron chi connectivity index (χ4n) is 0.592. The highest BCUT2D eigenvalue weighted by atomic mass is 35.5. The summed E-state index contributed by atoms with van der Waals surface area (Å²) in [6.45, 7) is 5.44. The van der Waals surface area contributed by atoms with Gasteiger partial charge in [-0.15, -0.1) is 0 Å². The molecule has 0 unspecified atom stereocenters. The third-order valence-corrected chi connectivity index (χ3v) is 2.27. The van der Waals surface area contributed by atoms with Crippen molar-refractivity contribution in [3.05, 3.63) is 24.3 Å². The van der Waals surface area contributed by atoms with Gasteiger partial charge in [0.05, 0.1) is 0 Å². The molecule has 0 aromatic rings. The maximum absolute atomic E-state index is 11.2. The van der Waals surface area contributed by atoms with Crippen LogP contribution >= 0.6 is 35.0 Å². The van der Waals surface area contributed by atoms with Crippen LogP contribution in [0.4, 0.5) is 0 Å². The second kappa shape index (κ2) is 7.68. The molecule has 6 heteroatoms. The number of allylic oxidation sites excluding steroid dienone is 2. The lowest BCUT2D eigenvalue weighted by atomic mass is 10.3. The fraction of sp³-hybridized carbons (Fsp3) is 0.222. The minimum atomic E-state index is -0.412. The number of thioether (sulfide) groups is 1. The summed E-state index contributed by atoms with van der Waals surface area (Å²) < 4.78 is 0. The number of amidine groups is 1. The van der Waals surface area contributed by atoms with Crippen molar-refractivity contribution in [3.8, 4) is 0 Å². The third-order valence-electron chi connectivity index (χ3n) is 1.16. The molecule has 3 nitrogen and oxygen atoms in total. The molecule has 82 valence electrons. The van der Waals surface area contributed by atoms with Gasteiger partial charge in [0, 0.05) is 5.57 Å². The van der Waals surface area contributed by atoms with Crippen LogP contribution in [0.1, 0.15) is 6.92 Å². The van der Waals surface area contributed by atoms with Crippen LogP contribution in [0.5, 0.6) is 0 Å². The smallest absolute Gasteiger partial charge is 0.218 e. The first-order valence-electron chi connectivity index (χ1n) is 3.99. The zero-order valence-electron chi connectivity index (χ0n) is 8.09. The Morgan fingerprint density at radius 2 is 2.13 bits per heavy atom. The quantitative estimate of drug-likeness (QED) is 0.279. The molecule has 0 heterocycles. The SMILES string of the molecule is C=C(/C=C/C(Cl)=NC(=N)Cl)C(=O)SCC. The van der Waals surface area contributed by atoms with Crippen LogP contribution in [-0.4, -0.2) is 21.3 Å². The van der Waals surface area contributed by atoms with E-state index >= 15 is 0 Å². The predicted molar refractivity (Wildman–Crippen MR) is 68.3 cm³/mol. The van der Waals surface area contributed by atoms with Gasteiger partial charge >= 0.3 is 0 Å². The Kier molecular flexibility index (Phi) is 7.38. The van der Waals surface area contributed by atoms with Crippen molar-refractivity contribution in [2.45, 2.75) is 6.92 Å². The van der Waals surface area contributed by atoms with Crippen LogP contribution in [0.3, 0.4) is 0 Å². The summed E-state index contributed by atoms with van der Waals surface area (Å²) >= 11 is 11.9. The van der Waals surface area contributed by atoms with E-state index in [2.05, 4.69) is 11.6 Å². The molecule has 0 aromatic heterocycles. The Morgan fingerprint density at radius 3 is 2.60 bits per heavy atom. The van der Waals surface area contributed by atoms with Gasteiger partial charge < -0.3 is 0 Å². The van der Waals surface area contributed by atoms with E-state index in [1.165, 1.54) is 12.2 Å². The maximum Gasteiger partial charge on any atom is 0.218 e. The molecule has 0 aliphatic rings. The summed E-state index contributed by atoms with van der Waals surface area (Å²) in [6, 6.07) is 0. The first-order valence-corrected chi connectivity index (χ1v) is 5.73. The molecule has 0 aliphatic heterocycles. The van der Waals surface area contributed by atoms with E-state index in [0.717, 1.165) is 11.8 Å².